The third-order valence-electron chi connectivity index (χ3n) is 2.99. The molecule has 0 spiro atoms. The van der Waals surface area contributed by atoms with E-state index in [1.807, 2.05) is 13.0 Å². The Labute approximate surface area is 126 Å². The van der Waals surface area contributed by atoms with E-state index < -0.39 is 10.0 Å². The van der Waals surface area contributed by atoms with Gasteiger partial charge in [0.1, 0.15) is 0 Å². The molecule has 0 bridgehead atoms. The first-order valence-corrected chi connectivity index (χ1v) is 8.89. The molecular weight excluding hydrogens is 290 g/mol. The Bertz CT molecular complexity index is 532. The third-order valence-corrected chi connectivity index (χ3v) is 4.24. The van der Waals surface area contributed by atoms with Crippen LogP contribution in [0.15, 0.2) is 24.5 Å². The molecule has 0 radical (unpaired) electrons. The molecule has 1 amide bonds. The van der Waals surface area contributed by atoms with Gasteiger partial charge < -0.3 is 5.32 Å². The molecule has 6 nitrogen and oxygen atoms in total. The summed E-state index contributed by atoms with van der Waals surface area (Å²) in [4.78, 5) is 15.5. The topological polar surface area (TPSA) is 79.4 Å². The van der Waals surface area contributed by atoms with E-state index in [-0.39, 0.29) is 19.0 Å². The van der Waals surface area contributed by atoms with Crippen LogP contribution in [0.1, 0.15) is 31.7 Å². The molecular formula is C14H23N3O3S. The van der Waals surface area contributed by atoms with E-state index in [1.54, 1.807) is 18.5 Å². The van der Waals surface area contributed by atoms with Crippen LogP contribution in [0.5, 0.6) is 0 Å². The van der Waals surface area contributed by atoms with Gasteiger partial charge in [0.05, 0.1) is 6.26 Å². The normalized spacial score (nSPS) is 11.6. The number of amides is 1. The standard InChI is InChI=1S/C14H23N3O3S/c1-3-4-7-14(18)16-9-10-17(21(2,19)20)12-13-6-5-8-15-11-13/h5-6,8,11H,3-4,7,9-10,12H2,1-2H3,(H,16,18). The summed E-state index contributed by atoms with van der Waals surface area (Å²) >= 11 is 0. The van der Waals surface area contributed by atoms with Crippen molar-refractivity contribution in [2.75, 3.05) is 19.3 Å². The number of aromatic nitrogens is 1. The van der Waals surface area contributed by atoms with Gasteiger partial charge >= 0.3 is 0 Å². The highest BCUT2D eigenvalue weighted by molar-refractivity contribution is 7.88. The molecule has 0 unspecified atom stereocenters. The smallest absolute Gasteiger partial charge is 0.220 e. The lowest BCUT2D eigenvalue weighted by atomic mass is 10.2. The summed E-state index contributed by atoms with van der Waals surface area (Å²) in [6.07, 6.45) is 6.74. The number of nitrogens with zero attached hydrogens (tertiary/aromatic N) is 2. The molecule has 0 aromatic carbocycles. The predicted molar refractivity (Wildman–Crippen MR) is 82.0 cm³/mol. The summed E-state index contributed by atoms with van der Waals surface area (Å²) in [7, 11) is -3.32. The molecule has 0 aliphatic heterocycles. The van der Waals surface area contributed by atoms with Gasteiger partial charge in [-0.25, -0.2) is 8.42 Å². The van der Waals surface area contributed by atoms with Crippen LogP contribution in [0.3, 0.4) is 0 Å². The zero-order valence-electron chi connectivity index (χ0n) is 12.6. The van der Waals surface area contributed by atoms with Crippen molar-refractivity contribution in [3.05, 3.63) is 30.1 Å². The maximum Gasteiger partial charge on any atom is 0.220 e. The van der Waals surface area contributed by atoms with Gasteiger partial charge in [-0.05, 0) is 18.1 Å². The van der Waals surface area contributed by atoms with Crippen LogP contribution in [0, 0.1) is 0 Å². The van der Waals surface area contributed by atoms with Gasteiger partial charge in [0.25, 0.3) is 0 Å². The maximum atomic E-state index is 11.8. The molecule has 1 heterocycles. The van der Waals surface area contributed by atoms with Crippen LogP contribution < -0.4 is 5.32 Å². The molecule has 0 saturated carbocycles. The molecule has 0 fully saturated rings. The second-order valence-electron chi connectivity index (χ2n) is 4.91. The molecule has 0 aliphatic rings. The number of sulfonamides is 1. The van der Waals surface area contributed by atoms with Crippen LogP contribution in [0.2, 0.25) is 0 Å². The van der Waals surface area contributed by atoms with Crippen LogP contribution in [0.4, 0.5) is 0 Å². The van der Waals surface area contributed by atoms with Crippen molar-refractivity contribution in [2.45, 2.75) is 32.7 Å². The van der Waals surface area contributed by atoms with Crippen molar-refractivity contribution in [1.29, 1.82) is 0 Å². The SMILES string of the molecule is CCCCC(=O)NCCN(Cc1cccnc1)S(C)(=O)=O. The number of unbranched alkanes of at least 4 members (excludes halogenated alkanes) is 1. The van der Waals surface area contributed by atoms with Crippen LogP contribution in [-0.4, -0.2) is 43.0 Å². The van der Waals surface area contributed by atoms with E-state index in [2.05, 4.69) is 10.3 Å². The zero-order valence-corrected chi connectivity index (χ0v) is 13.4. The first-order valence-electron chi connectivity index (χ1n) is 7.04. The van der Waals surface area contributed by atoms with E-state index in [1.165, 1.54) is 10.6 Å². The van der Waals surface area contributed by atoms with E-state index in [0.717, 1.165) is 18.4 Å². The molecule has 0 aliphatic carbocycles. The highest BCUT2D eigenvalue weighted by Crippen LogP contribution is 2.06. The van der Waals surface area contributed by atoms with Crippen molar-refractivity contribution < 1.29 is 13.2 Å². The Morgan fingerprint density at radius 2 is 2.19 bits per heavy atom. The van der Waals surface area contributed by atoms with E-state index >= 15 is 0 Å². The van der Waals surface area contributed by atoms with Crippen molar-refractivity contribution in [2.24, 2.45) is 0 Å². The minimum atomic E-state index is -3.32. The molecule has 1 aromatic rings. The molecule has 21 heavy (non-hydrogen) atoms. The fraction of sp³-hybridized carbons (Fsp3) is 0.571. The zero-order chi connectivity index (χ0) is 15.7. The second-order valence-corrected chi connectivity index (χ2v) is 6.89. The van der Waals surface area contributed by atoms with E-state index in [4.69, 9.17) is 0 Å². The number of carbonyl (C=O) groups is 1. The summed E-state index contributed by atoms with van der Waals surface area (Å²) in [5.41, 5.74) is 0.820. The van der Waals surface area contributed by atoms with Gasteiger partial charge in [0, 0.05) is 38.4 Å². The molecule has 1 aromatic heterocycles. The van der Waals surface area contributed by atoms with Gasteiger partial charge in [0.15, 0.2) is 0 Å². The van der Waals surface area contributed by atoms with Gasteiger partial charge in [-0.3, -0.25) is 9.78 Å². The average Bonchev–Trinajstić information content (AvgIpc) is 2.44. The van der Waals surface area contributed by atoms with Crippen molar-refractivity contribution in [3.8, 4) is 0 Å². The van der Waals surface area contributed by atoms with E-state index in [9.17, 15) is 13.2 Å². The maximum absolute atomic E-state index is 11.8. The van der Waals surface area contributed by atoms with Crippen molar-refractivity contribution >= 4 is 15.9 Å². The average molecular weight is 313 g/mol. The Morgan fingerprint density at radius 3 is 2.76 bits per heavy atom. The monoisotopic (exact) mass is 313 g/mol. The van der Waals surface area contributed by atoms with Gasteiger partial charge in [-0.1, -0.05) is 19.4 Å². The van der Waals surface area contributed by atoms with Crippen LogP contribution in [0.25, 0.3) is 0 Å². The molecule has 1 rings (SSSR count). The number of hydrogen-bond acceptors (Lipinski definition) is 4. The Kier molecular flexibility index (Phi) is 7.31. The predicted octanol–water partition coefficient (Wildman–Crippen LogP) is 1.15. The van der Waals surface area contributed by atoms with Gasteiger partial charge in [0.2, 0.25) is 15.9 Å². The summed E-state index contributed by atoms with van der Waals surface area (Å²) in [6, 6.07) is 3.59. The minimum absolute atomic E-state index is 0.0355. The van der Waals surface area contributed by atoms with Crippen molar-refractivity contribution in [3.63, 3.8) is 0 Å². The summed E-state index contributed by atoms with van der Waals surface area (Å²) in [5, 5.41) is 2.75. The number of rotatable bonds is 9. The highest BCUT2D eigenvalue weighted by Gasteiger charge is 2.17. The first-order chi connectivity index (χ1) is 9.93. The van der Waals surface area contributed by atoms with Crippen LogP contribution in [-0.2, 0) is 21.4 Å². The highest BCUT2D eigenvalue weighted by atomic mass is 32.2. The van der Waals surface area contributed by atoms with Gasteiger partial charge in [-0.15, -0.1) is 0 Å². The lowest BCUT2D eigenvalue weighted by Gasteiger charge is -2.20. The quantitative estimate of drug-likeness (QED) is 0.741. The molecule has 0 saturated heterocycles. The van der Waals surface area contributed by atoms with E-state index in [0.29, 0.717) is 13.0 Å². The Hall–Kier alpha value is -1.47. The van der Waals surface area contributed by atoms with Crippen LogP contribution >= 0.6 is 0 Å². The summed E-state index contributed by atoms with van der Waals surface area (Å²) < 4.78 is 24.9. The van der Waals surface area contributed by atoms with Crippen molar-refractivity contribution in [1.82, 2.24) is 14.6 Å². The van der Waals surface area contributed by atoms with Gasteiger partial charge in [-0.2, -0.15) is 4.31 Å². The molecule has 0 atom stereocenters. The molecule has 1 N–H and O–H groups in total. The lowest BCUT2D eigenvalue weighted by Crippen LogP contribution is -2.37. The fourth-order valence-electron chi connectivity index (χ4n) is 1.80. The minimum Gasteiger partial charge on any atom is -0.355 e. The second kappa shape index (κ2) is 8.74. The number of carbonyl (C=O) groups excluding carboxylic acids is 1. The summed E-state index contributed by atoms with van der Waals surface area (Å²) in [6.45, 7) is 2.85. The largest absolute Gasteiger partial charge is 0.355 e. The Morgan fingerprint density at radius 1 is 1.43 bits per heavy atom. The first kappa shape index (κ1) is 17.6. The lowest BCUT2D eigenvalue weighted by molar-refractivity contribution is -0.121. The number of nitrogens with one attached hydrogen (secondary N) is 1. The fourth-order valence-corrected chi connectivity index (χ4v) is 2.61. The summed E-state index contributed by atoms with van der Waals surface area (Å²) in [5.74, 6) is -0.0355. The molecule has 7 heteroatoms. The number of hydrogen-bond donors (Lipinski definition) is 1. The third kappa shape index (κ3) is 7.19. The Balaban J connectivity index is 2.50. The number of pyridine rings is 1. The molecule has 118 valence electrons.